The molecule has 0 aromatic heterocycles. The molecule has 4 atom stereocenters. The van der Waals surface area contributed by atoms with E-state index >= 15 is 0 Å². The lowest BCUT2D eigenvalue weighted by Crippen LogP contribution is -2.53. The third kappa shape index (κ3) is 3.40. The number of ether oxygens (including phenoxy) is 1. The summed E-state index contributed by atoms with van der Waals surface area (Å²) in [6.45, 7) is 0. The number of esters is 1. The van der Waals surface area contributed by atoms with Crippen LogP contribution in [-0.4, -0.2) is 39.0 Å². The van der Waals surface area contributed by atoms with E-state index < -0.39 is 47.0 Å². The summed E-state index contributed by atoms with van der Waals surface area (Å²) >= 11 is 0. The number of amides is 2. The zero-order valence-corrected chi connectivity index (χ0v) is 20.1. The van der Waals surface area contributed by atoms with Crippen LogP contribution in [0.4, 0.5) is 15.8 Å². The second-order valence-electron chi connectivity index (χ2n) is 9.24. The maximum absolute atomic E-state index is 14.8. The number of imide groups is 1. The van der Waals surface area contributed by atoms with Crippen molar-refractivity contribution >= 4 is 29.2 Å². The average Bonchev–Trinajstić information content (AvgIpc) is 3.39. The number of fused-ring (bicyclic) bond motifs is 1. The summed E-state index contributed by atoms with van der Waals surface area (Å²) in [6, 6.07) is 21.2. The van der Waals surface area contributed by atoms with Gasteiger partial charge >= 0.3 is 5.97 Å². The minimum absolute atomic E-state index is 0.129. The molecule has 7 nitrogen and oxygen atoms in total. The SMILES string of the molecule is COC(=O)[C@]1(c2ccccc2)N[C@H](c2ccc(N(C)C)cc2)[C@H]2C(=O)N(c3ccccc3F)C(=O)[C@H]21. The monoisotopic (exact) mass is 487 g/mol. The largest absolute Gasteiger partial charge is 0.467 e. The van der Waals surface area contributed by atoms with Crippen LogP contribution in [0.15, 0.2) is 78.9 Å². The highest BCUT2D eigenvalue weighted by molar-refractivity contribution is 6.24. The Bertz CT molecular complexity index is 1330. The van der Waals surface area contributed by atoms with Gasteiger partial charge in [-0.3, -0.25) is 14.9 Å². The fourth-order valence-electron chi connectivity index (χ4n) is 5.48. The maximum Gasteiger partial charge on any atom is 0.331 e. The number of methoxy groups -OCH3 is 1. The lowest BCUT2D eigenvalue weighted by atomic mass is 9.75. The summed E-state index contributed by atoms with van der Waals surface area (Å²) in [5.41, 5.74) is 0.413. The van der Waals surface area contributed by atoms with Crippen LogP contribution in [0.1, 0.15) is 17.2 Å². The zero-order chi connectivity index (χ0) is 25.6. The molecule has 2 amide bonds. The van der Waals surface area contributed by atoms with Gasteiger partial charge < -0.3 is 9.64 Å². The molecule has 3 aromatic rings. The van der Waals surface area contributed by atoms with Crippen LogP contribution >= 0.6 is 0 Å². The van der Waals surface area contributed by atoms with Crippen molar-refractivity contribution in [2.24, 2.45) is 11.8 Å². The minimum Gasteiger partial charge on any atom is -0.467 e. The summed E-state index contributed by atoms with van der Waals surface area (Å²) in [4.78, 5) is 44.2. The van der Waals surface area contributed by atoms with Gasteiger partial charge in [-0.25, -0.2) is 14.1 Å². The van der Waals surface area contributed by atoms with Crippen molar-refractivity contribution < 1.29 is 23.5 Å². The van der Waals surface area contributed by atoms with Crippen molar-refractivity contribution in [1.29, 1.82) is 0 Å². The third-order valence-corrected chi connectivity index (χ3v) is 7.16. The molecule has 0 radical (unpaired) electrons. The van der Waals surface area contributed by atoms with Crippen molar-refractivity contribution in [3.05, 3.63) is 95.8 Å². The lowest BCUT2D eigenvalue weighted by Gasteiger charge is -2.33. The van der Waals surface area contributed by atoms with Gasteiger partial charge in [0.15, 0.2) is 5.54 Å². The van der Waals surface area contributed by atoms with E-state index in [2.05, 4.69) is 5.32 Å². The van der Waals surface area contributed by atoms with Gasteiger partial charge in [-0.15, -0.1) is 0 Å². The Morgan fingerprint density at radius 3 is 2.19 bits per heavy atom. The molecule has 2 saturated heterocycles. The molecule has 0 aliphatic carbocycles. The molecule has 8 heteroatoms. The van der Waals surface area contributed by atoms with Gasteiger partial charge in [-0.2, -0.15) is 0 Å². The Kier molecular flexibility index (Phi) is 5.84. The number of halogens is 1. The van der Waals surface area contributed by atoms with Gasteiger partial charge in [-0.1, -0.05) is 54.6 Å². The van der Waals surface area contributed by atoms with E-state index in [9.17, 15) is 18.8 Å². The smallest absolute Gasteiger partial charge is 0.331 e. The quantitative estimate of drug-likeness (QED) is 0.439. The van der Waals surface area contributed by atoms with Crippen LogP contribution < -0.4 is 15.1 Å². The Morgan fingerprint density at radius 1 is 0.944 bits per heavy atom. The van der Waals surface area contributed by atoms with E-state index in [0.29, 0.717) is 5.56 Å². The summed E-state index contributed by atoms with van der Waals surface area (Å²) in [5, 5.41) is 3.34. The van der Waals surface area contributed by atoms with Crippen LogP contribution in [0.3, 0.4) is 0 Å². The molecule has 0 bridgehead atoms. The molecule has 36 heavy (non-hydrogen) atoms. The van der Waals surface area contributed by atoms with Crippen LogP contribution in [0, 0.1) is 17.7 Å². The lowest BCUT2D eigenvalue weighted by molar-refractivity contribution is -0.152. The van der Waals surface area contributed by atoms with Gasteiger partial charge in [0.1, 0.15) is 5.82 Å². The first-order valence-corrected chi connectivity index (χ1v) is 11.6. The number of rotatable bonds is 5. The van der Waals surface area contributed by atoms with Crippen LogP contribution in [0.25, 0.3) is 0 Å². The number of hydrogen-bond donors (Lipinski definition) is 1. The molecule has 0 unspecified atom stereocenters. The number of carbonyl (C=O) groups excluding carboxylic acids is 3. The standard InChI is InChI=1S/C28H26FN3O4/c1-31(2)19-15-13-17(14-16-19)24-22-23(26(34)32(25(22)33)21-12-8-7-11-20(21)29)28(30-24,27(35)36-3)18-9-5-4-6-10-18/h4-16,22-24,30H,1-3H3/t22-,23-,24+,28+/m0/s1. The molecular weight excluding hydrogens is 461 g/mol. The van der Waals surface area contributed by atoms with Gasteiger partial charge in [0.2, 0.25) is 11.8 Å². The predicted octanol–water partition coefficient (Wildman–Crippen LogP) is 3.41. The number of para-hydroxylation sites is 1. The van der Waals surface area contributed by atoms with Gasteiger partial charge in [0.05, 0.1) is 24.6 Å². The zero-order valence-electron chi connectivity index (χ0n) is 20.1. The maximum atomic E-state index is 14.8. The Balaban J connectivity index is 1.71. The number of nitrogens with one attached hydrogen (secondary N) is 1. The summed E-state index contributed by atoms with van der Waals surface area (Å²) in [6.07, 6.45) is 0. The average molecular weight is 488 g/mol. The van der Waals surface area contributed by atoms with Crippen LogP contribution in [0.5, 0.6) is 0 Å². The molecule has 2 fully saturated rings. The van der Waals surface area contributed by atoms with E-state index in [0.717, 1.165) is 16.2 Å². The van der Waals surface area contributed by atoms with E-state index in [1.165, 1.54) is 25.3 Å². The number of nitrogens with zero attached hydrogens (tertiary/aromatic N) is 2. The van der Waals surface area contributed by atoms with E-state index in [1.807, 2.05) is 43.3 Å². The molecule has 5 rings (SSSR count). The van der Waals surface area contributed by atoms with Crippen molar-refractivity contribution in [1.82, 2.24) is 5.32 Å². The number of carbonyl (C=O) groups is 3. The van der Waals surface area contributed by atoms with E-state index in [1.54, 1.807) is 36.4 Å². The molecule has 3 aromatic carbocycles. The first-order chi connectivity index (χ1) is 17.3. The fraction of sp³-hybridized carbons (Fsp3) is 0.250. The highest BCUT2D eigenvalue weighted by Crippen LogP contribution is 2.54. The van der Waals surface area contributed by atoms with E-state index in [4.69, 9.17) is 4.74 Å². The highest BCUT2D eigenvalue weighted by Gasteiger charge is 2.69. The van der Waals surface area contributed by atoms with Gasteiger partial charge in [0.25, 0.3) is 0 Å². The summed E-state index contributed by atoms with van der Waals surface area (Å²) in [5.74, 6) is -4.69. The van der Waals surface area contributed by atoms with Crippen molar-refractivity contribution in [3.63, 3.8) is 0 Å². The highest BCUT2D eigenvalue weighted by atomic mass is 19.1. The van der Waals surface area contributed by atoms with Crippen molar-refractivity contribution in [2.45, 2.75) is 11.6 Å². The summed E-state index contributed by atoms with van der Waals surface area (Å²) < 4.78 is 20.0. The molecule has 0 spiro atoms. The molecule has 2 aliphatic rings. The Labute approximate surface area is 208 Å². The number of benzene rings is 3. The number of hydrogen-bond acceptors (Lipinski definition) is 6. The summed E-state index contributed by atoms with van der Waals surface area (Å²) in [7, 11) is 5.09. The fourth-order valence-corrected chi connectivity index (χ4v) is 5.48. The van der Waals surface area contributed by atoms with E-state index in [-0.39, 0.29) is 5.69 Å². The topological polar surface area (TPSA) is 79.0 Å². The van der Waals surface area contributed by atoms with Crippen LogP contribution in [0.2, 0.25) is 0 Å². The second-order valence-corrected chi connectivity index (χ2v) is 9.24. The van der Waals surface area contributed by atoms with Crippen molar-refractivity contribution in [2.75, 3.05) is 31.0 Å². The molecule has 184 valence electrons. The first-order valence-electron chi connectivity index (χ1n) is 11.6. The minimum atomic E-state index is -1.64. The number of anilines is 2. The van der Waals surface area contributed by atoms with Crippen molar-refractivity contribution in [3.8, 4) is 0 Å². The Hall–Kier alpha value is -4.04. The molecule has 1 N–H and O–H groups in total. The second kappa shape index (κ2) is 8.87. The first kappa shape index (κ1) is 23.7. The molecule has 2 aliphatic heterocycles. The third-order valence-electron chi connectivity index (χ3n) is 7.16. The normalized spacial score (nSPS) is 25.1. The molecule has 2 heterocycles. The molecular formula is C28H26FN3O4. The predicted molar refractivity (Wildman–Crippen MR) is 133 cm³/mol. The van der Waals surface area contributed by atoms with Gasteiger partial charge in [0, 0.05) is 25.8 Å². The van der Waals surface area contributed by atoms with Gasteiger partial charge in [-0.05, 0) is 35.4 Å². The Morgan fingerprint density at radius 2 is 1.58 bits per heavy atom. The molecule has 0 saturated carbocycles. The van der Waals surface area contributed by atoms with Crippen LogP contribution in [-0.2, 0) is 24.7 Å².